The smallest absolute Gasteiger partial charge is 0.352 e. The lowest BCUT2D eigenvalue weighted by molar-refractivity contribution is 0.0273. The Morgan fingerprint density at radius 3 is 2.76 bits per heavy atom. The first-order valence-corrected chi connectivity index (χ1v) is 7.97. The maximum Gasteiger partial charge on any atom is 0.352 e. The van der Waals surface area contributed by atoms with E-state index in [1.54, 1.807) is 6.92 Å². The monoisotopic (exact) mass is 307 g/mol. The number of carbonyl (C=O) groups is 1. The summed E-state index contributed by atoms with van der Waals surface area (Å²) in [4.78, 5) is 16.9. The van der Waals surface area contributed by atoms with Gasteiger partial charge in [0.2, 0.25) is 0 Å². The van der Waals surface area contributed by atoms with Crippen LogP contribution < -0.4 is 0 Å². The van der Waals surface area contributed by atoms with E-state index in [1.165, 1.54) is 19.1 Å². The predicted molar refractivity (Wildman–Crippen MR) is 77.0 cm³/mol. The second-order valence-electron chi connectivity index (χ2n) is 5.22. The third kappa shape index (κ3) is 3.29. The minimum absolute atomic E-state index is 0.00833. The zero-order chi connectivity index (χ0) is 14.7. The molecule has 3 rings (SSSR count). The Bertz CT molecular complexity index is 615. The molecule has 6 nitrogen and oxygen atoms in total. The van der Waals surface area contributed by atoms with Crippen LogP contribution in [0.3, 0.4) is 0 Å². The third-order valence-electron chi connectivity index (χ3n) is 3.61. The van der Waals surface area contributed by atoms with Crippen molar-refractivity contribution in [2.24, 2.45) is 0 Å². The molecule has 2 heterocycles. The lowest BCUT2D eigenvalue weighted by atomic mass is 10.1. The first kappa shape index (κ1) is 14.2. The summed E-state index contributed by atoms with van der Waals surface area (Å²) in [6.07, 6.45) is 8.05. The fourth-order valence-electron chi connectivity index (χ4n) is 2.53. The van der Waals surface area contributed by atoms with E-state index in [4.69, 9.17) is 9.15 Å². The van der Waals surface area contributed by atoms with Gasteiger partial charge in [0.05, 0.1) is 0 Å². The highest BCUT2D eigenvalue weighted by atomic mass is 32.1. The molecule has 0 unspecified atom stereocenters. The van der Waals surface area contributed by atoms with E-state index in [-0.39, 0.29) is 12.1 Å². The van der Waals surface area contributed by atoms with Crippen LogP contribution in [0.1, 0.15) is 54.1 Å². The van der Waals surface area contributed by atoms with Gasteiger partial charge in [0.1, 0.15) is 23.8 Å². The molecular formula is C14H17N3O3S. The SMILES string of the molecule is Cc1nc(-c2nnsc2C(=O)OC2CCCCCC2)co1. The number of aromatic nitrogens is 3. The molecule has 1 aliphatic rings. The second-order valence-corrected chi connectivity index (χ2v) is 5.98. The quantitative estimate of drug-likeness (QED) is 0.639. The minimum atomic E-state index is -0.354. The molecule has 21 heavy (non-hydrogen) atoms. The Labute approximate surface area is 126 Å². The summed E-state index contributed by atoms with van der Waals surface area (Å²) in [6.45, 7) is 1.74. The van der Waals surface area contributed by atoms with Gasteiger partial charge in [-0.1, -0.05) is 17.3 Å². The van der Waals surface area contributed by atoms with Crippen molar-refractivity contribution in [3.63, 3.8) is 0 Å². The Kier molecular flexibility index (Phi) is 4.28. The normalized spacial score (nSPS) is 16.6. The first-order valence-electron chi connectivity index (χ1n) is 7.20. The van der Waals surface area contributed by atoms with Crippen LogP contribution in [-0.2, 0) is 4.74 Å². The summed E-state index contributed by atoms with van der Waals surface area (Å²) in [5.74, 6) is 0.175. The first-order chi connectivity index (χ1) is 10.2. The van der Waals surface area contributed by atoms with Crippen molar-refractivity contribution < 1.29 is 13.9 Å². The van der Waals surface area contributed by atoms with E-state index in [0.29, 0.717) is 22.2 Å². The molecular weight excluding hydrogens is 290 g/mol. The van der Waals surface area contributed by atoms with Crippen LogP contribution in [0.25, 0.3) is 11.4 Å². The fourth-order valence-corrected chi connectivity index (χ4v) is 3.09. The molecule has 0 amide bonds. The van der Waals surface area contributed by atoms with Crippen molar-refractivity contribution in [1.82, 2.24) is 14.6 Å². The Balaban J connectivity index is 1.74. The van der Waals surface area contributed by atoms with Crippen LogP contribution in [0.2, 0.25) is 0 Å². The van der Waals surface area contributed by atoms with Gasteiger partial charge >= 0.3 is 5.97 Å². The van der Waals surface area contributed by atoms with Crippen LogP contribution in [-0.4, -0.2) is 26.6 Å². The van der Waals surface area contributed by atoms with Crippen molar-refractivity contribution in [2.45, 2.75) is 51.6 Å². The average Bonchev–Trinajstić information content (AvgIpc) is 3.03. The van der Waals surface area contributed by atoms with Crippen molar-refractivity contribution in [2.75, 3.05) is 0 Å². The predicted octanol–water partition coefficient (Wildman–Crippen LogP) is 3.38. The average molecular weight is 307 g/mol. The van der Waals surface area contributed by atoms with Gasteiger partial charge < -0.3 is 9.15 Å². The Hall–Kier alpha value is -1.76. The molecule has 1 aliphatic carbocycles. The summed E-state index contributed by atoms with van der Waals surface area (Å²) in [6, 6.07) is 0. The zero-order valence-electron chi connectivity index (χ0n) is 11.9. The van der Waals surface area contributed by atoms with Crippen molar-refractivity contribution in [3.8, 4) is 11.4 Å². The molecule has 1 fully saturated rings. The molecule has 2 aromatic rings. The van der Waals surface area contributed by atoms with Gasteiger partial charge in [-0.05, 0) is 37.2 Å². The van der Waals surface area contributed by atoms with E-state index >= 15 is 0 Å². The zero-order valence-corrected chi connectivity index (χ0v) is 12.7. The summed E-state index contributed by atoms with van der Waals surface area (Å²) in [7, 11) is 0. The largest absolute Gasteiger partial charge is 0.458 e. The maximum absolute atomic E-state index is 12.3. The van der Waals surface area contributed by atoms with Crippen LogP contribution in [0.15, 0.2) is 10.7 Å². The van der Waals surface area contributed by atoms with Gasteiger partial charge in [0.15, 0.2) is 10.8 Å². The Morgan fingerprint density at radius 2 is 2.10 bits per heavy atom. The minimum Gasteiger partial charge on any atom is -0.458 e. The number of carbonyl (C=O) groups excluding carboxylic acids is 1. The maximum atomic E-state index is 12.3. The molecule has 112 valence electrons. The van der Waals surface area contributed by atoms with Gasteiger partial charge in [-0.15, -0.1) is 5.10 Å². The summed E-state index contributed by atoms with van der Waals surface area (Å²) in [5, 5.41) is 3.98. The molecule has 0 spiro atoms. The van der Waals surface area contributed by atoms with Gasteiger partial charge in [0, 0.05) is 6.92 Å². The summed E-state index contributed by atoms with van der Waals surface area (Å²) < 4.78 is 14.6. The number of hydrogen-bond acceptors (Lipinski definition) is 7. The molecule has 0 bridgehead atoms. The van der Waals surface area contributed by atoms with Gasteiger partial charge in [-0.2, -0.15) is 0 Å². The van der Waals surface area contributed by atoms with Crippen molar-refractivity contribution in [3.05, 3.63) is 17.0 Å². The van der Waals surface area contributed by atoms with Gasteiger partial charge in [-0.25, -0.2) is 9.78 Å². The molecule has 0 aliphatic heterocycles. The number of oxazole rings is 1. The highest BCUT2D eigenvalue weighted by Gasteiger charge is 2.24. The highest BCUT2D eigenvalue weighted by Crippen LogP contribution is 2.26. The third-order valence-corrected chi connectivity index (χ3v) is 4.32. The van der Waals surface area contributed by atoms with Gasteiger partial charge in [0.25, 0.3) is 0 Å². The number of esters is 1. The lowest BCUT2D eigenvalue weighted by Crippen LogP contribution is -2.17. The molecule has 2 aromatic heterocycles. The molecule has 0 saturated heterocycles. The van der Waals surface area contributed by atoms with E-state index in [0.717, 1.165) is 37.2 Å². The van der Waals surface area contributed by atoms with Crippen molar-refractivity contribution >= 4 is 17.5 Å². The van der Waals surface area contributed by atoms with E-state index in [2.05, 4.69) is 14.6 Å². The standard InChI is InChI=1S/C14H17N3O3S/c1-9-15-11(8-19-9)12-13(21-17-16-12)14(18)20-10-6-4-2-3-5-7-10/h8,10H,2-7H2,1H3. The molecule has 0 atom stereocenters. The van der Waals surface area contributed by atoms with E-state index in [9.17, 15) is 4.79 Å². The van der Waals surface area contributed by atoms with Crippen LogP contribution in [0.4, 0.5) is 0 Å². The second kappa shape index (κ2) is 6.34. The number of aryl methyl sites for hydroxylation is 1. The number of rotatable bonds is 3. The van der Waals surface area contributed by atoms with Crippen LogP contribution >= 0.6 is 11.5 Å². The molecule has 0 N–H and O–H groups in total. The number of ether oxygens (including phenoxy) is 1. The van der Waals surface area contributed by atoms with E-state index in [1.807, 2.05) is 0 Å². The summed E-state index contributed by atoms with van der Waals surface area (Å²) in [5.41, 5.74) is 0.963. The van der Waals surface area contributed by atoms with Crippen LogP contribution in [0, 0.1) is 6.92 Å². The lowest BCUT2D eigenvalue weighted by Gasteiger charge is -2.14. The fraction of sp³-hybridized carbons (Fsp3) is 0.571. The number of nitrogens with zero attached hydrogens (tertiary/aromatic N) is 3. The summed E-state index contributed by atoms with van der Waals surface area (Å²) >= 11 is 1.04. The topological polar surface area (TPSA) is 78.1 Å². The molecule has 7 heteroatoms. The van der Waals surface area contributed by atoms with E-state index < -0.39 is 0 Å². The Morgan fingerprint density at radius 1 is 1.33 bits per heavy atom. The molecule has 1 saturated carbocycles. The highest BCUT2D eigenvalue weighted by molar-refractivity contribution is 7.08. The van der Waals surface area contributed by atoms with Crippen molar-refractivity contribution in [1.29, 1.82) is 0 Å². The van der Waals surface area contributed by atoms with Gasteiger partial charge in [-0.3, -0.25) is 0 Å². The molecule has 0 aromatic carbocycles. The molecule has 0 radical (unpaired) electrons. The number of hydrogen-bond donors (Lipinski definition) is 0. The van der Waals surface area contributed by atoms with Crippen LogP contribution in [0.5, 0.6) is 0 Å².